The molecule has 0 saturated heterocycles. The smallest absolute Gasteiger partial charge is 0.298 e. The van der Waals surface area contributed by atoms with Crippen LogP contribution >= 0.6 is 11.3 Å². The molecule has 1 aromatic rings. The van der Waals surface area contributed by atoms with E-state index in [-0.39, 0.29) is 11.6 Å². The Bertz CT molecular complexity index is 283. The molecular weight excluding hydrogens is 213 g/mol. The van der Waals surface area contributed by atoms with Crippen LogP contribution in [0.1, 0.15) is 18.9 Å². The van der Waals surface area contributed by atoms with Gasteiger partial charge in [0.15, 0.2) is 5.54 Å². The summed E-state index contributed by atoms with van der Waals surface area (Å²) in [4.78, 5) is 3.71. The lowest BCUT2D eigenvalue weighted by Gasteiger charge is -2.30. The van der Waals surface area contributed by atoms with Crippen molar-refractivity contribution >= 4 is 11.3 Å². The van der Waals surface area contributed by atoms with E-state index in [1.807, 2.05) is 0 Å². The van der Waals surface area contributed by atoms with Crippen molar-refractivity contribution in [2.45, 2.75) is 25.6 Å². The molecule has 0 fully saturated rings. The highest BCUT2D eigenvalue weighted by Gasteiger charge is 2.53. The van der Waals surface area contributed by atoms with E-state index in [1.54, 1.807) is 6.92 Å². The summed E-state index contributed by atoms with van der Waals surface area (Å²) in [5.41, 5.74) is -2.03. The second kappa shape index (κ2) is 3.86. The maximum atomic E-state index is 12.8. The van der Waals surface area contributed by atoms with Gasteiger partial charge in [-0.05, 0) is 13.5 Å². The highest BCUT2D eigenvalue weighted by atomic mass is 32.1. The molecule has 1 unspecified atom stereocenters. The molecule has 0 radical (unpaired) electrons. The fraction of sp³-hybridized carbons (Fsp3) is 0.625. The summed E-state index contributed by atoms with van der Waals surface area (Å²) in [5.74, 6) is 0. The van der Waals surface area contributed by atoms with Crippen molar-refractivity contribution in [2.24, 2.45) is 0 Å². The Morgan fingerprint density at radius 2 is 2.14 bits per heavy atom. The fourth-order valence-corrected chi connectivity index (χ4v) is 1.92. The number of aromatic nitrogens is 1. The lowest BCUT2D eigenvalue weighted by atomic mass is 10.0. The number of thiazole rings is 1. The third-order valence-corrected chi connectivity index (χ3v) is 2.95. The predicted molar refractivity (Wildman–Crippen MR) is 49.2 cm³/mol. The van der Waals surface area contributed by atoms with Crippen LogP contribution in [0.25, 0.3) is 0 Å². The van der Waals surface area contributed by atoms with Gasteiger partial charge in [0, 0.05) is 11.6 Å². The standard InChI is InChI=1S/C8H11F3N2S/c1-3-13-7(2,8(9,10)11)6-12-4-5-14-6/h4-5,13H,3H2,1-2H3. The van der Waals surface area contributed by atoms with Crippen molar-refractivity contribution in [1.29, 1.82) is 0 Å². The zero-order chi connectivity index (χ0) is 10.8. The molecule has 0 spiro atoms. The first kappa shape index (κ1) is 11.5. The number of rotatable bonds is 3. The Morgan fingerprint density at radius 3 is 2.50 bits per heavy atom. The molecule has 14 heavy (non-hydrogen) atoms. The Hall–Kier alpha value is -0.620. The summed E-state index contributed by atoms with van der Waals surface area (Å²) in [6, 6.07) is 0. The van der Waals surface area contributed by atoms with Gasteiger partial charge in [0.05, 0.1) is 0 Å². The normalized spacial score (nSPS) is 16.6. The van der Waals surface area contributed by atoms with Gasteiger partial charge < -0.3 is 0 Å². The summed E-state index contributed by atoms with van der Waals surface area (Å²) in [6.45, 7) is 2.99. The number of alkyl halides is 3. The average molecular weight is 224 g/mol. The molecule has 1 rings (SSSR count). The molecule has 0 saturated carbocycles. The number of nitrogens with zero attached hydrogens (tertiary/aromatic N) is 1. The van der Waals surface area contributed by atoms with E-state index in [4.69, 9.17) is 0 Å². The molecule has 1 aromatic heterocycles. The van der Waals surface area contributed by atoms with Crippen LogP contribution in [-0.2, 0) is 5.54 Å². The average Bonchev–Trinajstić information content (AvgIpc) is 2.54. The van der Waals surface area contributed by atoms with E-state index in [0.717, 1.165) is 18.3 Å². The van der Waals surface area contributed by atoms with Crippen molar-refractivity contribution in [3.8, 4) is 0 Å². The van der Waals surface area contributed by atoms with Crippen LogP contribution in [-0.4, -0.2) is 17.7 Å². The molecule has 1 N–H and O–H groups in total. The lowest BCUT2D eigenvalue weighted by Crippen LogP contribution is -2.51. The molecule has 0 amide bonds. The van der Waals surface area contributed by atoms with Crippen LogP contribution in [0.4, 0.5) is 13.2 Å². The first-order valence-electron chi connectivity index (χ1n) is 4.13. The largest absolute Gasteiger partial charge is 0.412 e. The second-order valence-electron chi connectivity index (χ2n) is 2.99. The van der Waals surface area contributed by atoms with E-state index in [0.29, 0.717) is 0 Å². The molecule has 80 valence electrons. The third-order valence-electron chi connectivity index (χ3n) is 1.96. The maximum Gasteiger partial charge on any atom is 0.412 e. The van der Waals surface area contributed by atoms with Gasteiger partial charge in [-0.2, -0.15) is 13.2 Å². The molecule has 0 aliphatic carbocycles. The molecule has 2 nitrogen and oxygen atoms in total. The predicted octanol–water partition coefficient (Wildman–Crippen LogP) is 2.53. The van der Waals surface area contributed by atoms with E-state index in [2.05, 4.69) is 10.3 Å². The first-order valence-corrected chi connectivity index (χ1v) is 5.01. The molecule has 1 heterocycles. The van der Waals surface area contributed by atoms with Gasteiger partial charge in [-0.1, -0.05) is 6.92 Å². The van der Waals surface area contributed by atoms with Gasteiger partial charge in [-0.25, -0.2) is 4.98 Å². The van der Waals surface area contributed by atoms with Crippen molar-refractivity contribution in [3.63, 3.8) is 0 Å². The molecule has 0 aliphatic rings. The Labute approximate surface area is 84.2 Å². The molecule has 0 aromatic carbocycles. The number of hydrogen-bond acceptors (Lipinski definition) is 3. The van der Waals surface area contributed by atoms with E-state index in [1.165, 1.54) is 11.6 Å². The van der Waals surface area contributed by atoms with Crippen LogP contribution in [0.3, 0.4) is 0 Å². The van der Waals surface area contributed by atoms with Crippen LogP contribution in [0, 0.1) is 0 Å². The van der Waals surface area contributed by atoms with Crippen LogP contribution in [0.15, 0.2) is 11.6 Å². The molecular formula is C8H11F3N2S. The highest BCUT2D eigenvalue weighted by Crippen LogP contribution is 2.39. The Morgan fingerprint density at radius 1 is 1.50 bits per heavy atom. The van der Waals surface area contributed by atoms with Crippen molar-refractivity contribution in [1.82, 2.24) is 10.3 Å². The fourth-order valence-electron chi connectivity index (χ4n) is 1.12. The molecule has 6 heteroatoms. The van der Waals surface area contributed by atoms with Crippen LogP contribution in [0.2, 0.25) is 0 Å². The summed E-state index contributed by atoms with van der Waals surface area (Å²) < 4.78 is 38.3. The summed E-state index contributed by atoms with van der Waals surface area (Å²) in [7, 11) is 0. The lowest BCUT2D eigenvalue weighted by molar-refractivity contribution is -0.195. The summed E-state index contributed by atoms with van der Waals surface area (Å²) in [5, 5.41) is 4.01. The maximum absolute atomic E-state index is 12.8. The number of nitrogens with one attached hydrogen (secondary N) is 1. The third kappa shape index (κ3) is 1.90. The van der Waals surface area contributed by atoms with Crippen molar-refractivity contribution in [3.05, 3.63) is 16.6 Å². The molecule has 1 atom stereocenters. The van der Waals surface area contributed by atoms with Crippen LogP contribution < -0.4 is 5.32 Å². The minimum absolute atomic E-state index is 0.0480. The van der Waals surface area contributed by atoms with Crippen molar-refractivity contribution in [2.75, 3.05) is 6.54 Å². The van der Waals surface area contributed by atoms with Gasteiger partial charge in [-0.3, -0.25) is 5.32 Å². The minimum atomic E-state index is -4.33. The minimum Gasteiger partial charge on any atom is -0.298 e. The Kier molecular flexibility index (Phi) is 3.16. The SMILES string of the molecule is CCNC(C)(c1nccs1)C(F)(F)F. The zero-order valence-corrected chi connectivity index (χ0v) is 8.67. The monoisotopic (exact) mass is 224 g/mol. The van der Waals surface area contributed by atoms with E-state index < -0.39 is 11.7 Å². The van der Waals surface area contributed by atoms with Gasteiger partial charge in [0.25, 0.3) is 0 Å². The van der Waals surface area contributed by atoms with Crippen molar-refractivity contribution < 1.29 is 13.2 Å². The first-order chi connectivity index (χ1) is 6.42. The summed E-state index contributed by atoms with van der Waals surface area (Å²) >= 11 is 1.00. The van der Waals surface area contributed by atoms with E-state index >= 15 is 0 Å². The second-order valence-corrected chi connectivity index (χ2v) is 3.88. The van der Waals surface area contributed by atoms with E-state index in [9.17, 15) is 13.2 Å². The Balaban J connectivity index is 3.06. The topological polar surface area (TPSA) is 24.9 Å². The molecule has 0 aliphatic heterocycles. The number of halogens is 3. The zero-order valence-electron chi connectivity index (χ0n) is 7.85. The summed E-state index contributed by atoms with van der Waals surface area (Å²) in [6.07, 6.45) is -2.96. The van der Waals surface area contributed by atoms with Gasteiger partial charge in [0.1, 0.15) is 5.01 Å². The molecule has 0 bridgehead atoms. The highest BCUT2D eigenvalue weighted by molar-refractivity contribution is 7.09. The quantitative estimate of drug-likeness (QED) is 0.853. The number of hydrogen-bond donors (Lipinski definition) is 1. The van der Waals surface area contributed by atoms with Gasteiger partial charge in [0.2, 0.25) is 0 Å². The van der Waals surface area contributed by atoms with Crippen LogP contribution in [0.5, 0.6) is 0 Å². The van der Waals surface area contributed by atoms with Gasteiger partial charge in [-0.15, -0.1) is 11.3 Å². The van der Waals surface area contributed by atoms with Gasteiger partial charge >= 0.3 is 6.18 Å².